The molecule has 0 unspecified atom stereocenters. The minimum Gasteiger partial charge on any atom is -0.479 e. The number of aromatic nitrogens is 1. The molecule has 1 amide bonds. The van der Waals surface area contributed by atoms with Crippen LogP contribution in [0.4, 0.5) is 14.5 Å². The quantitative estimate of drug-likeness (QED) is 0.821. The first kappa shape index (κ1) is 17.1. The Morgan fingerprint density at radius 1 is 1.57 bits per heavy atom. The van der Waals surface area contributed by atoms with Gasteiger partial charge in [-0.2, -0.15) is 0 Å². The van der Waals surface area contributed by atoms with Crippen LogP contribution in [0.2, 0.25) is 0 Å². The largest absolute Gasteiger partial charge is 0.479 e. The van der Waals surface area contributed by atoms with Gasteiger partial charge in [0, 0.05) is 6.20 Å². The van der Waals surface area contributed by atoms with Gasteiger partial charge in [0.15, 0.2) is 12.7 Å². The fourth-order valence-corrected chi connectivity index (χ4v) is 2.25. The Labute approximate surface area is 130 Å². The van der Waals surface area contributed by atoms with Gasteiger partial charge in [-0.25, -0.2) is 18.6 Å². The summed E-state index contributed by atoms with van der Waals surface area (Å²) in [7, 11) is 0. The fourth-order valence-electron chi connectivity index (χ4n) is 2.25. The topological polar surface area (TPSA) is 97.8 Å². The predicted octanol–water partition coefficient (Wildman–Crippen LogP) is 1.54. The van der Waals surface area contributed by atoms with E-state index in [-0.39, 0.29) is 23.9 Å². The minimum absolute atomic E-state index is 0.119. The van der Waals surface area contributed by atoms with Crippen LogP contribution in [-0.2, 0) is 14.3 Å². The van der Waals surface area contributed by atoms with Crippen LogP contribution in [0.3, 0.4) is 0 Å². The van der Waals surface area contributed by atoms with E-state index >= 15 is 0 Å². The van der Waals surface area contributed by atoms with E-state index in [1.54, 1.807) is 6.92 Å². The third kappa shape index (κ3) is 4.35. The number of aliphatic carboxylic acids is 1. The van der Waals surface area contributed by atoms with Gasteiger partial charge in [-0.1, -0.05) is 6.92 Å². The number of alkyl halides is 2. The molecule has 2 rings (SSSR count). The zero-order chi connectivity index (χ0) is 17.0. The molecule has 1 aromatic heterocycles. The number of carboxylic acid groups (broad SMARTS) is 1. The van der Waals surface area contributed by atoms with E-state index in [0.717, 1.165) is 0 Å². The third-order valence-electron chi connectivity index (χ3n) is 3.32. The minimum atomic E-state index is -2.67. The van der Waals surface area contributed by atoms with Crippen LogP contribution in [0.15, 0.2) is 18.3 Å². The standard InChI is InChI=1S/C14H16F2N2O5/c1-7-5-9(23-11(7)14(20)21)12(19)18-8-3-2-4-17-13(8)22-6-10(15)16/h2-4,7,9-11H,5-6H2,1H3,(H,18,19)(H,20,21)/t7-,9-,11-/m1/s1. The van der Waals surface area contributed by atoms with Crippen molar-refractivity contribution in [2.45, 2.75) is 32.0 Å². The summed E-state index contributed by atoms with van der Waals surface area (Å²) in [6.07, 6.45) is -3.07. The number of hydrogen-bond acceptors (Lipinski definition) is 5. The van der Waals surface area contributed by atoms with Crippen molar-refractivity contribution in [2.75, 3.05) is 11.9 Å². The summed E-state index contributed by atoms with van der Waals surface area (Å²) in [6.45, 7) is 0.825. The van der Waals surface area contributed by atoms with Gasteiger partial charge in [-0.05, 0) is 24.5 Å². The Hall–Kier alpha value is -2.29. The molecule has 0 aliphatic carbocycles. The zero-order valence-electron chi connectivity index (χ0n) is 12.2. The lowest BCUT2D eigenvalue weighted by molar-refractivity contribution is -0.152. The molecule has 0 spiro atoms. The van der Waals surface area contributed by atoms with Crippen molar-refractivity contribution in [3.05, 3.63) is 18.3 Å². The molecule has 0 radical (unpaired) electrons. The number of ether oxygens (including phenoxy) is 2. The Morgan fingerprint density at radius 2 is 2.30 bits per heavy atom. The zero-order valence-corrected chi connectivity index (χ0v) is 12.2. The fraction of sp³-hybridized carbons (Fsp3) is 0.500. The van der Waals surface area contributed by atoms with Gasteiger partial charge in [0.25, 0.3) is 12.3 Å². The normalized spacial score (nSPS) is 23.7. The van der Waals surface area contributed by atoms with E-state index in [9.17, 15) is 18.4 Å². The van der Waals surface area contributed by atoms with Gasteiger partial charge in [-0.15, -0.1) is 0 Å². The highest BCUT2D eigenvalue weighted by atomic mass is 19.3. The molecule has 1 aliphatic rings. The van der Waals surface area contributed by atoms with E-state index in [0.29, 0.717) is 0 Å². The maximum atomic E-state index is 12.2. The molecule has 1 fully saturated rings. The maximum Gasteiger partial charge on any atom is 0.333 e. The first-order valence-electron chi connectivity index (χ1n) is 6.93. The summed E-state index contributed by atoms with van der Waals surface area (Å²) in [5.41, 5.74) is 0.119. The molecular formula is C14H16F2N2O5. The number of amides is 1. The first-order chi connectivity index (χ1) is 10.9. The number of carboxylic acids is 1. The van der Waals surface area contributed by atoms with Gasteiger partial charge >= 0.3 is 5.97 Å². The molecule has 0 saturated carbocycles. The number of nitrogens with zero attached hydrogens (tertiary/aromatic N) is 1. The Morgan fingerprint density at radius 3 is 2.91 bits per heavy atom. The number of rotatable bonds is 6. The number of hydrogen-bond donors (Lipinski definition) is 2. The lowest BCUT2D eigenvalue weighted by Gasteiger charge is -2.14. The summed E-state index contributed by atoms with van der Waals surface area (Å²) in [4.78, 5) is 26.9. The second kappa shape index (κ2) is 7.32. The summed E-state index contributed by atoms with van der Waals surface area (Å²) in [6, 6.07) is 2.95. The smallest absolute Gasteiger partial charge is 0.333 e. The van der Waals surface area contributed by atoms with Crippen molar-refractivity contribution < 1.29 is 33.0 Å². The van der Waals surface area contributed by atoms with Gasteiger partial charge in [0.1, 0.15) is 11.8 Å². The lowest BCUT2D eigenvalue weighted by Crippen LogP contribution is -2.30. The SMILES string of the molecule is C[C@@H]1C[C@H](C(=O)Nc2cccnc2OCC(F)F)O[C@H]1C(=O)O. The summed E-state index contributed by atoms with van der Waals surface area (Å²) < 4.78 is 34.5. The Kier molecular flexibility index (Phi) is 5.43. The molecule has 0 aromatic carbocycles. The van der Waals surface area contributed by atoms with Crippen LogP contribution in [-0.4, -0.2) is 47.2 Å². The molecule has 2 N–H and O–H groups in total. The molecule has 1 aliphatic heterocycles. The van der Waals surface area contributed by atoms with Crippen LogP contribution in [0.25, 0.3) is 0 Å². The number of carbonyl (C=O) groups is 2. The Bertz CT molecular complexity index is 584. The predicted molar refractivity (Wildman–Crippen MR) is 74.4 cm³/mol. The van der Waals surface area contributed by atoms with Gasteiger partial charge in [0.2, 0.25) is 5.88 Å². The van der Waals surface area contributed by atoms with E-state index in [1.165, 1.54) is 18.3 Å². The summed E-state index contributed by atoms with van der Waals surface area (Å²) in [5, 5.41) is 11.4. The molecule has 126 valence electrons. The summed E-state index contributed by atoms with van der Waals surface area (Å²) in [5.74, 6) is -2.15. The maximum absolute atomic E-state index is 12.2. The number of carbonyl (C=O) groups excluding carboxylic acids is 1. The monoisotopic (exact) mass is 330 g/mol. The highest BCUT2D eigenvalue weighted by Crippen LogP contribution is 2.28. The lowest BCUT2D eigenvalue weighted by atomic mass is 10.0. The van der Waals surface area contributed by atoms with E-state index in [2.05, 4.69) is 10.3 Å². The average Bonchev–Trinajstić information content (AvgIpc) is 2.88. The van der Waals surface area contributed by atoms with Crippen LogP contribution in [0, 0.1) is 5.92 Å². The van der Waals surface area contributed by atoms with Gasteiger partial charge in [0.05, 0.1) is 0 Å². The number of halogens is 2. The molecule has 2 heterocycles. The second-order valence-corrected chi connectivity index (χ2v) is 5.14. The highest BCUT2D eigenvalue weighted by Gasteiger charge is 2.40. The molecule has 7 nitrogen and oxygen atoms in total. The number of pyridine rings is 1. The molecular weight excluding hydrogens is 314 g/mol. The average molecular weight is 330 g/mol. The second-order valence-electron chi connectivity index (χ2n) is 5.14. The van der Waals surface area contributed by atoms with Crippen molar-refractivity contribution in [1.82, 2.24) is 4.98 Å². The molecule has 0 bridgehead atoms. The van der Waals surface area contributed by atoms with Gasteiger partial charge < -0.3 is 19.9 Å². The van der Waals surface area contributed by atoms with E-state index in [4.69, 9.17) is 14.6 Å². The summed E-state index contributed by atoms with van der Waals surface area (Å²) >= 11 is 0. The molecule has 1 saturated heterocycles. The molecule has 23 heavy (non-hydrogen) atoms. The van der Waals surface area contributed by atoms with Crippen LogP contribution in [0.1, 0.15) is 13.3 Å². The Balaban J connectivity index is 2.02. The van der Waals surface area contributed by atoms with Crippen molar-refractivity contribution in [3.8, 4) is 5.88 Å². The van der Waals surface area contributed by atoms with Crippen LogP contribution >= 0.6 is 0 Å². The molecule has 9 heteroatoms. The molecule has 3 atom stereocenters. The first-order valence-corrected chi connectivity index (χ1v) is 6.93. The van der Waals surface area contributed by atoms with Crippen molar-refractivity contribution in [1.29, 1.82) is 0 Å². The third-order valence-corrected chi connectivity index (χ3v) is 3.32. The molecule has 1 aromatic rings. The highest BCUT2D eigenvalue weighted by molar-refractivity contribution is 5.95. The van der Waals surface area contributed by atoms with Crippen molar-refractivity contribution in [3.63, 3.8) is 0 Å². The van der Waals surface area contributed by atoms with E-state index < -0.39 is 37.1 Å². The number of anilines is 1. The van der Waals surface area contributed by atoms with Crippen LogP contribution < -0.4 is 10.1 Å². The van der Waals surface area contributed by atoms with Crippen molar-refractivity contribution in [2.24, 2.45) is 5.92 Å². The number of nitrogens with one attached hydrogen (secondary N) is 1. The van der Waals surface area contributed by atoms with Gasteiger partial charge in [-0.3, -0.25) is 4.79 Å². The van der Waals surface area contributed by atoms with Crippen LogP contribution in [0.5, 0.6) is 5.88 Å². The van der Waals surface area contributed by atoms with Crippen molar-refractivity contribution >= 4 is 17.6 Å². The van der Waals surface area contributed by atoms with E-state index in [1.807, 2.05) is 0 Å².